The Morgan fingerprint density at radius 3 is 2.92 bits per heavy atom. The van der Waals surface area contributed by atoms with Crippen molar-refractivity contribution in [2.75, 3.05) is 0 Å². The lowest BCUT2D eigenvalue weighted by atomic mass is 9.76. The van der Waals surface area contributed by atoms with Crippen LogP contribution in [-0.4, -0.2) is 11.9 Å². The molecule has 64 valence electrons. The van der Waals surface area contributed by atoms with Gasteiger partial charge in [0.05, 0.1) is 11.0 Å². The Hall–Kier alpha value is -1.12. The van der Waals surface area contributed by atoms with Crippen LogP contribution >= 0.6 is 0 Å². The van der Waals surface area contributed by atoms with Crippen LogP contribution < -0.4 is 0 Å². The highest BCUT2D eigenvalue weighted by Crippen LogP contribution is 2.43. The molecule has 3 heteroatoms. The van der Waals surface area contributed by atoms with Crippen LogP contribution in [0.5, 0.6) is 0 Å². The molecule has 1 aliphatic carbocycles. The second kappa shape index (κ2) is 2.19. The average Bonchev–Trinajstić information content (AvgIpc) is 2.25. The molecule has 0 aromatic rings. The largest absolute Gasteiger partial charge is 0.389 e. The van der Waals surface area contributed by atoms with Crippen LogP contribution in [0.25, 0.3) is 0 Å². The second-order valence-corrected chi connectivity index (χ2v) is 3.52. The van der Waals surface area contributed by atoms with Crippen molar-refractivity contribution in [3.8, 4) is 0 Å². The van der Waals surface area contributed by atoms with Crippen LogP contribution in [0.1, 0.15) is 26.2 Å². The van der Waals surface area contributed by atoms with Crippen molar-refractivity contribution in [2.45, 2.75) is 26.2 Å². The zero-order valence-corrected chi connectivity index (χ0v) is 6.92. The molecule has 0 saturated carbocycles. The number of allylic oxidation sites excluding steroid dienone is 1. The normalized spacial score (nSPS) is 34.2. The fraction of sp³-hybridized carbons (Fsp3) is 0.556. The standard InChI is InChI=1S/C9H10O3/c1-9-5-3-2-4-6(9)7(10)12-8(9)11/h4H,2-3,5H2,1H3/t9-/m1/s1. The van der Waals surface area contributed by atoms with Gasteiger partial charge in [-0.1, -0.05) is 6.08 Å². The molecule has 0 amide bonds. The number of esters is 2. The number of carbonyl (C=O) groups excluding carboxylic acids is 2. The Morgan fingerprint density at radius 2 is 2.25 bits per heavy atom. The summed E-state index contributed by atoms with van der Waals surface area (Å²) in [5.41, 5.74) is -0.0613. The molecule has 1 aliphatic heterocycles. The highest BCUT2D eigenvalue weighted by atomic mass is 16.6. The summed E-state index contributed by atoms with van der Waals surface area (Å²) in [6.07, 6.45) is 4.41. The van der Waals surface area contributed by atoms with Gasteiger partial charge in [-0.25, -0.2) is 4.79 Å². The lowest BCUT2D eigenvalue weighted by Gasteiger charge is -2.22. The van der Waals surface area contributed by atoms with Crippen LogP contribution in [0, 0.1) is 5.41 Å². The van der Waals surface area contributed by atoms with Gasteiger partial charge in [0.25, 0.3) is 0 Å². The summed E-state index contributed by atoms with van der Waals surface area (Å²) in [5, 5.41) is 0. The number of hydrogen-bond acceptors (Lipinski definition) is 3. The van der Waals surface area contributed by atoms with Gasteiger partial charge in [-0.15, -0.1) is 0 Å². The van der Waals surface area contributed by atoms with Crippen LogP contribution in [0.4, 0.5) is 0 Å². The van der Waals surface area contributed by atoms with Gasteiger partial charge < -0.3 is 4.74 Å². The molecule has 0 aromatic carbocycles. The molecule has 1 saturated heterocycles. The molecule has 2 aliphatic rings. The molecule has 0 unspecified atom stereocenters. The third kappa shape index (κ3) is 0.763. The monoisotopic (exact) mass is 166 g/mol. The fourth-order valence-corrected chi connectivity index (χ4v) is 1.83. The Labute approximate surface area is 70.4 Å². The Kier molecular flexibility index (Phi) is 1.37. The second-order valence-electron chi connectivity index (χ2n) is 3.52. The molecule has 0 radical (unpaired) electrons. The number of ether oxygens (including phenoxy) is 1. The van der Waals surface area contributed by atoms with Crippen LogP contribution in [0.15, 0.2) is 11.6 Å². The van der Waals surface area contributed by atoms with Gasteiger partial charge in [0.1, 0.15) is 0 Å². The number of fused-ring (bicyclic) bond motifs is 1. The molecule has 1 atom stereocenters. The van der Waals surface area contributed by atoms with Crippen LogP contribution in [0.2, 0.25) is 0 Å². The summed E-state index contributed by atoms with van der Waals surface area (Å²) >= 11 is 0. The summed E-state index contributed by atoms with van der Waals surface area (Å²) in [6.45, 7) is 1.78. The van der Waals surface area contributed by atoms with Gasteiger partial charge in [0.2, 0.25) is 0 Å². The van der Waals surface area contributed by atoms with Gasteiger partial charge in [-0.3, -0.25) is 4.79 Å². The molecular formula is C9H10O3. The summed E-state index contributed by atoms with van der Waals surface area (Å²) in [6, 6.07) is 0. The lowest BCUT2D eigenvalue weighted by Crippen LogP contribution is -2.26. The van der Waals surface area contributed by atoms with E-state index in [1.807, 2.05) is 6.08 Å². The van der Waals surface area contributed by atoms with Gasteiger partial charge in [0, 0.05) is 0 Å². The van der Waals surface area contributed by atoms with Crippen molar-refractivity contribution in [1.82, 2.24) is 0 Å². The van der Waals surface area contributed by atoms with Crippen molar-refractivity contribution < 1.29 is 14.3 Å². The van der Waals surface area contributed by atoms with Crippen molar-refractivity contribution >= 4 is 11.9 Å². The van der Waals surface area contributed by atoms with Crippen LogP contribution in [-0.2, 0) is 14.3 Å². The first-order valence-corrected chi connectivity index (χ1v) is 4.12. The first kappa shape index (κ1) is 7.53. The fourth-order valence-electron chi connectivity index (χ4n) is 1.83. The van der Waals surface area contributed by atoms with E-state index < -0.39 is 11.4 Å². The van der Waals surface area contributed by atoms with E-state index in [-0.39, 0.29) is 5.97 Å². The van der Waals surface area contributed by atoms with Gasteiger partial charge in [-0.2, -0.15) is 0 Å². The first-order chi connectivity index (χ1) is 5.64. The van der Waals surface area contributed by atoms with Crippen molar-refractivity contribution in [2.24, 2.45) is 5.41 Å². The summed E-state index contributed by atoms with van der Waals surface area (Å²) in [5.74, 6) is -0.819. The zero-order valence-electron chi connectivity index (χ0n) is 6.92. The van der Waals surface area contributed by atoms with E-state index in [1.165, 1.54) is 0 Å². The number of cyclic esters (lactones) is 2. The summed E-state index contributed by atoms with van der Waals surface area (Å²) in [7, 11) is 0. The molecule has 3 nitrogen and oxygen atoms in total. The van der Waals surface area contributed by atoms with Crippen molar-refractivity contribution in [3.05, 3.63) is 11.6 Å². The molecular weight excluding hydrogens is 156 g/mol. The van der Waals surface area contributed by atoms with Crippen molar-refractivity contribution in [1.29, 1.82) is 0 Å². The Morgan fingerprint density at radius 1 is 1.50 bits per heavy atom. The quantitative estimate of drug-likeness (QED) is 0.401. The third-order valence-corrected chi connectivity index (χ3v) is 2.68. The maximum atomic E-state index is 11.3. The van der Waals surface area contributed by atoms with Crippen LogP contribution in [0.3, 0.4) is 0 Å². The highest BCUT2D eigenvalue weighted by molar-refractivity contribution is 6.09. The van der Waals surface area contributed by atoms with E-state index in [9.17, 15) is 9.59 Å². The Balaban J connectivity index is 2.49. The maximum Gasteiger partial charge on any atom is 0.342 e. The van der Waals surface area contributed by atoms with E-state index in [2.05, 4.69) is 4.74 Å². The molecule has 0 bridgehead atoms. The topological polar surface area (TPSA) is 43.4 Å². The molecule has 1 fully saturated rings. The molecule has 2 rings (SSSR count). The lowest BCUT2D eigenvalue weighted by molar-refractivity contribution is -0.154. The van der Waals surface area contributed by atoms with Gasteiger partial charge in [0.15, 0.2) is 0 Å². The van der Waals surface area contributed by atoms with E-state index in [1.54, 1.807) is 6.92 Å². The number of hydrogen-bond donors (Lipinski definition) is 0. The minimum atomic E-state index is -0.630. The molecule has 1 heterocycles. The SMILES string of the molecule is C[C@@]12CCCC=C1C(=O)OC2=O. The first-order valence-electron chi connectivity index (χ1n) is 4.12. The summed E-state index contributed by atoms with van der Waals surface area (Å²) in [4.78, 5) is 22.4. The Bertz CT molecular complexity index is 290. The smallest absolute Gasteiger partial charge is 0.342 e. The van der Waals surface area contributed by atoms with Gasteiger partial charge >= 0.3 is 11.9 Å². The summed E-state index contributed by atoms with van der Waals surface area (Å²) < 4.78 is 4.57. The predicted molar refractivity (Wildman–Crippen MR) is 41.1 cm³/mol. The number of carbonyl (C=O) groups is 2. The van der Waals surface area contributed by atoms with E-state index in [0.29, 0.717) is 5.57 Å². The molecule has 0 aromatic heterocycles. The molecule has 0 spiro atoms. The van der Waals surface area contributed by atoms with Gasteiger partial charge in [-0.05, 0) is 26.2 Å². The number of rotatable bonds is 0. The maximum absolute atomic E-state index is 11.3. The zero-order chi connectivity index (χ0) is 8.77. The molecule has 12 heavy (non-hydrogen) atoms. The minimum Gasteiger partial charge on any atom is -0.389 e. The van der Waals surface area contributed by atoms with E-state index in [0.717, 1.165) is 19.3 Å². The molecule has 0 N–H and O–H groups in total. The van der Waals surface area contributed by atoms with E-state index >= 15 is 0 Å². The third-order valence-electron chi connectivity index (χ3n) is 2.68. The minimum absolute atomic E-state index is 0.376. The highest BCUT2D eigenvalue weighted by Gasteiger charge is 2.50. The average molecular weight is 166 g/mol. The predicted octanol–water partition coefficient (Wildman–Crippen LogP) is 1.19. The van der Waals surface area contributed by atoms with E-state index in [4.69, 9.17) is 0 Å². The van der Waals surface area contributed by atoms with Crippen molar-refractivity contribution in [3.63, 3.8) is 0 Å².